The van der Waals surface area contributed by atoms with Gasteiger partial charge in [-0.2, -0.15) is 0 Å². The van der Waals surface area contributed by atoms with Crippen LogP contribution in [0.2, 0.25) is 0 Å². The second-order valence-electron chi connectivity index (χ2n) is 7.49. The summed E-state index contributed by atoms with van der Waals surface area (Å²) in [5.74, 6) is 2.76. The van der Waals surface area contributed by atoms with Gasteiger partial charge in [0.1, 0.15) is 0 Å². The van der Waals surface area contributed by atoms with E-state index in [1.807, 2.05) is 25.1 Å². The maximum atomic E-state index is 13.0. The highest BCUT2D eigenvalue weighted by atomic mass is 16.5. The number of hydrogen-bond acceptors (Lipinski definition) is 4. The maximum Gasteiger partial charge on any atom is 0.254 e. The number of nitrogens with zero attached hydrogens (tertiary/aromatic N) is 2. The minimum Gasteiger partial charge on any atom is -0.493 e. The second-order valence-corrected chi connectivity index (χ2v) is 7.49. The van der Waals surface area contributed by atoms with Gasteiger partial charge in [-0.25, -0.2) is 0 Å². The van der Waals surface area contributed by atoms with Gasteiger partial charge >= 0.3 is 0 Å². The Hall–Kier alpha value is -1.75. The quantitative estimate of drug-likeness (QED) is 0.842. The van der Waals surface area contributed by atoms with Gasteiger partial charge in [0.05, 0.1) is 13.7 Å². The van der Waals surface area contributed by atoms with E-state index in [-0.39, 0.29) is 5.91 Å². The fourth-order valence-electron chi connectivity index (χ4n) is 4.98. The van der Waals surface area contributed by atoms with Crippen LogP contribution in [0, 0.1) is 11.8 Å². The average Bonchev–Trinajstić information content (AvgIpc) is 3.19. The van der Waals surface area contributed by atoms with Crippen molar-refractivity contribution in [2.45, 2.75) is 32.2 Å². The zero-order chi connectivity index (χ0) is 17.4. The van der Waals surface area contributed by atoms with Crippen LogP contribution in [0.1, 0.15) is 36.5 Å². The van der Waals surface area contributed by atoms with Gasteiger partial charge < -0.3 is 14.4 Å². The zero-order valence-corrected chi connectivity index (χ0v) is 15.2. The number of carbonyl (C=O) groups excluding carboxylic acids is 1. The fourth-order valence-corrected chi connectivity index (χ4v) is 4.98. The molecule has 4 rings (SSSR count). The molecule has 1 aromatic carbocycles. The number of likely N-dealkylation sites (tertiary alicyclic amines) is 1. The Morgan fingerprint density at radius 2 is 2.08 bits per heavy atom. The SMILES string of the molecule is CCOc1ccc(C(=O)N2C[C@@H]3CN4CCCC[C@@H]4[C@H]3C2)cc1OC. The van der Waals surface area contributed by atoms with Crippen molar-refractivity contribution in [3.05, 3.63) is 23.8 Å². The molecule has 3 aliphatic rings. The van der Waals surface area contributed by atoms with Crippen LogP contribution in [0.25, 0.3) is 0 Å². The van der Waals surface area contributed by atoms with Crippen molar-refractivity contribution in [1.29, 1.82) is 0 Å². The summed E-state index contributed by atoms with van der Waals surface area (Å²) in [6.07, 6.45) is 3.99. The molecular weight excluding hydrogens is 316 g/mol. The molecule has 1 aromatic rings. The zero-order valence-electron chi connectivity index (χ0n) is 15.2. The molecule has 0 aliphatic carbocycles. The topological polar surface area (TPSA) is 42.0 Å². The first kappa shape index (κ1) is 16.7. The van der Waals surface area contributed by atoms with Gasteiger partial charge in [0.2, 0.25) is 0 Å². The smallest absolute Gasteiger partial charge is 0.254 e. The summed E-state index contributed by atoms with van der Waals surface area (Å²) in [5, 5.41) is 0. The third-order valence-electron chi connectivity index (χ3n) is 6.12. The van der Waals surface area contributed by atoms with Gasteiger partial charge in [-0.1, -0.05) is 6.42 Å². The highest BCUT2D eigenvalue weighted by Gasteiger charge is 2.48. The van der Waals surface area contributed by atoms with E-state index in [1.54, 1.807) is 7.11 Å². The normalized spacial score (nSPS) is 28.6. The summed E-state index contributed by atoms with van der Waals surface area (Å²) in [6.45, 7) is 6.74. The van der Waals surface area contributed by atoms with Crippen molar-refractivity contribution in [3.8, 4) is 11.5 Å². The summed E-state index contributed by atoms with van der Waals surface area (Å²) < 4.78 is 10.9. The summed E-state index contributed by atoms with van der Waals surface area (Å²) >= 11 is 0. The number of fused-ring (bicyclic) bond motifs is 3. The Kier molecular flexibility index (Phi) is 4.59. The summed E-state index contributed by atoms with van der Waals surface area (Å²) in [6, 6.07) is 6.21. The van der Waals surface area contributed by atoms with Crippen LogP contribution >= 0.6 is 0 Å². The lowest BCUT2D eigenvalue weighted by atomic mass is 9.90. The molecule has 0 N–H and O–H groups in total. The Morgan fingerprint density at radius 1 is 1.20 bits per heavy atom. The fraction of sp³-hybridized carbons (Fsp3) is 0.650. The van der Waals surface area contributed by atoms with Gasteiger partial charge in [0.15, 0.2) is 11.5 Å². The largest absolute Gasteiger partial charge is 0.493 e. The van der Waals surface area contributed by atoms with E-state index < -0.39 is 0 Å². The maximum absolute atomic E-state index is 13.0. The molecule has 0 bridgehead atoms. The van der Waals surface area contributed by atoms with Gasteiger partial charge in [-0.05, 0) is 56.3 Å². The van der Waals surface area contributed by atoms with Crippen molar-refractivity contribution in [3.63, 3.8) is 0 Å². The summed E-state index contributed by atoms with van der Waals surface area (Å²) in [4.78, 5) is 17.7. The van der Waals surface area contributed by atoms with Gasteiger partial charge in [-0.15, -0.1) is 0 Å². The Morgan fingerprint density at radius 3 is 2.88 bits per heavy atom. The number of methoxy groups -OCH3 is 1. The lowest BCUT2D eigenvalue weighted by Crippen LogP contribution is -2.40. The number of hydrogen-bond donors (Lipinski definition) is 0. The van der Waals surface area contributed by atoms with Crippen LogP contribution < -0.4 is 9.47 Å². The van der Waals surface area contributed by atoms with Crippen LogP contribution in [0.4, 0.5) is 0 Å². The van der Waals surface area contributed by atoms with Gasteiger partial charge in [-0.3, -0.25) is 9.69 Å². The molecule has 0 aromatic heterocycles. The van der Waals surface area contributed by atoms with E-state index in [2.05, 4.69) is 9.80 Å². The molecule has 3 heterocycles. The van der Waals surface area contributed by atoms with E-state index in [4.69, 9.17) is 9.47 Å². The molecule has 0 unspecified atom stereocenters. The van der Waals surface area contributed by atoms with E-state index >= 15 is 0 Å². The summed E-state index contributed by atoms with van der Waals surface area (Å²) in [7, 11) is 1.62. The Bertz CT molecular complexity index is 648. The molecule has 0 saturated carbocycles. The first-order valence-corrected chi connectivity index (χ1v) is 9.55. The van der Waals surface area contributed by atoms with Crippen LogP contribution in [0.3, 0.4) is 0 Å². The van der Waals surface area contributed by atoms with Crippen LogP contribution in [-0.4, -0.2) is 61.6 Å². The van der Waals surface area contributed by atoms with Crippen LogP contribution in [-0.2, 0) is 0 Å². The number of carbonyl (C=O) groups is 1. The number of rotatable bonds is 4. The van der Waals surface area contributed by atoms with Crippen molar-refractivity contribution in [1.82, 2.24) is 9.80 Å². The van der Waals surface area contributed by atoms with E-state index in [0.717, 1.165) is 13.1 Å². The highest BCUT2D eigenvalue weighted by molar-refractivity contribution is 5.95. The van der Waals surface area contributed by atoms with E-state index in [9.17, 15) is 4.79 Å². The highest BCUT2D eigenvalue weighted by Crippen LogP contribution is 2.41. The average molecular weight is 344 g/mol. The lowest BCUT2D eigenvalue weighted by molar-refractivity contribution is 0.0753. The molecule has 3 aliphatic heterocycles. The van der Waals surface area contributed by atoms with Crippen molar-refractivity contribution in [2.24, 2.45) is 11.8 Å². The molecular formula is C20H28N2O3. The minimum atomic E-state index is 0.123. The number of ether oxygens (including phenoxy) is 2. The summed E-state index contributed by atoms with van der Waals surface area (Å²) in [5.41, 5.74) is 0.695. The molecule has 136 valence electrons. The minimum absolute atomic E-state index is 0.123. The predicted octanol–water partition coefficient (Wildman–Crippen LogP) is 2.65. The third-order valence-corrected chi connectivity index (χ3v) is 6.12. The van der Waals surface area contributed by atoms with Crippen molar-refractivity contribution >= 4 is 5.91 Å². The molecule has 25 heavy (non-hydrogen) atoms. The van der Waals surface area contributed by atoms with Gasteiger partial charge in [0, 0.05) is 31.2 Å². The molecule has 1 amide bonds. The predicted molar refractivity (Wildman–Crippen MR) is 96.3 cm³/mol. The monoisotopic (exact) mass is 344 g/mol. The standard InChI is InChI=1S/C20H28N2O3/c1-3-25-18-8-7-14(10-19(18)24-2)20(23)22-12-15-11-21-9-5-4-6-17(21)16(15)13-22/h7-8,10,15-17H,3-6,9,11-13H2,1-2H3/t15-,16-,17+/m0/s1. The second kappa shape index (κ2) is 6.87. The Balaban J connectivity index is 1.47. The van der Waals surface area contributed by atoms with Crippen LogP contribution in [0.5, 0.6) is 11.5 Å². The number of piperidine rings is 1. The lowest BCUT2D eigenvalue weighted by Gasteiger charge is -2.33. The third kappa shape index (κ3) is 2.99. The molecule has 3 saturated heterocycles. The van der Waals surface area contributed by atoms with E-state index in [0.29, 0.717) is 41.5 Å². The first-order chi connectivity index (χ1) is 12.2. The van der Waals surface area contributed by atoms with Gasteiger partial charge in [0.25, 0.3) is 5.91 Å². The molecule has 0 radical (unpaired) electrons. The number of amides is 1. The Labute approximate surface area is 149 Å². The first-order valence-electron chi connectivity index (χ1n) is 9.55. The van der Waals surface area contributed by atoms with E-state index in [1.165, 1.54) is 32.4 Å². The number of benzene rings is 1. The molecule has 5 heteroatoms. The molecule has 5 nitrogen and oxygen atoms in total. The molecule has 3 atom stereocenters. The van der Waals surface area contributed by atoms with Crippen LogP contribution in [0.15, 0.2) is 18.2 Å². The van der Waals surface area contributed by atoms with Crippen molar-refractivity contribution in [2.75, 3.05) is 39.9 Å². The molecule has 3 fully saturated rings. The molecule has 0 spiro atoms. The van der Waals surface area contributed by atoms with Crippen molar-refractivity contribution < 1.29 is 14.3 Å².